The highest BCUT2D eigenvalue weighted by Gasteiger charge is 2.51. The third-order valence-corrected chi connectivity index (χ3v) is 11.4. The Morgan fingerprint density at radius 3 is 1.72 bits per heavy atom. The number of hydrogen-bond acceptors (Lipinski definition) is 3. The molecule has 1 atom stereocenters. The summed E-state index contributed by atoms with van der Waals surface area (Å²) >= 11 is 0. The molecule has 0 fully saturated rings. The van der Waals surface area contributed by atoms with Crippen molar-refractivity contribution in [1.82, 2.24) is 5.32 Å². The lowest BCUT2D eigenvalue weighted by Crippen LogP contribution is -2.39. The molecule has 2 aliphatic heterocycles. The standard InChI is InChI=1S/C51H34N2O/c1-2-12-33(13-3-1)34-24-28-37(29-25-34)50-52-46-19-9-5-15-41(46)49(53-50)36-26-22-35(23-27-36)38-30-31-40-39-14-4-6-16-42(39)51(45(40)32-38)43-17-7-10-20-47(43)54-48-21-11-8-18-44(48)51/h1-32,50,53H. The van der Waals surface area contributed by atoms with Crippen LogP contribution in [0.4, 0.5) is 0 Å². The second kappa shape index (κ2) is 12.0. The number of nitrogens with zero attached hydrogens (tertiary/aromatic N) is 1. The van der Waals surface area contributed by atoms with Crippen LogP contribution >= 0.6 is 0 Å². The number of rotatable bonds is 4. The van der Waals surface area contributed by atoms with Crippen molar-refractivity contribution in [3.63, 3.8) is 0 Å². The molecule has 0 saturated heterocycles. The van der Waals surface area contributed by atoms with Crippen molar-refractivity contribution >= 4 is 5.70 Å². The quantitative estimate of drug-likeness (QED) is 0.199. The summed E-state index contributed by atoms with van der Waals surface area (Å²) in [5.41, 5.74) is 15.1. The van der Waals surface area contributed by atoms with Gasteiger partial charge >= 0.3 is 0 Å². The molecule has 2 heterocycles. The van der Waals surface area contributed by atoms with Crippen molar-refractivity contribution < 1.29 is 4.74 Å². The Labute approximate surface area is 314 Å². The van der Waals surface area contributed by atoms with Crippen molar-refractivity contribution in [1.29, 1.82) is 0 Å². The van der Waals surface area contributed by atoms with Gasteiger partial charge in [-0.15, -0.1) is 0 Å². The molecule has 1 N–H and O–H groups in total. The molecule has 0 amide bonds. The first kappa shape index (κ1) is 30.6. The van der Waals surface area contributed by atoms with Crippen LogP contribution in [0.25, 0.3) is 39.1 Å². The van der Waals surface area contributed by atoms with Crippen LogP contribution in [0, 0.1) is 0 Å². The molecule has 8 aromatic carbocycles. The summed E-state index contributed by atoms with van der Waals surface area (Å²) < 4.78 is 6.55. The van der Waals surface area contributed by atoms with Crippen molar-refractivity contribution in [2.45, 2.75) is 11.6 Å². The Morgan fingerprint density at radius 2 is 0.963 bits per heavy atom. The maximum Gasteiger partial charge on any atom is 0.145 e. The highest BCUT2D eigenvalue weighted by Crippen LogP contribution is 2.62. The minimum absolute atomic E-state index is 0.195. The molecule has 1 unspecified atom stereocenters. The van der Waals surface area contributed by atoms with Gasteiger partial charge in [0.15, 0.2) is 0 Å². The first-order valence-electron chi connectivity index (χ1n) is 18.6. The van der Waals surface area contributed by atoms with E-state index in [2.05, 4.69) is 199 Å². The van der Waals surface area contributed by atoms with Gasteiger partial charge in [-0.25, -0.2) is 0 Å². The number of benzene rings is 8. The lowest BCUT2D eigenvalue weighted by molar-refractivity contribution is 0.436. The van der Waals surface area contributed by atoms with E-state index in [-0.39, 0.29) is 6.17 Å². The topological polar surface area (TPSA) is 33.6 Å². The van der Waals surface area contributed by atoms with Gasteiger partial charge in [-0.1, -0.05) is 170 Å². The summed E-state index contributed by atoms with van der Waals surface area (Å²) in [7, 11) is 0. The third-order valence-electron chi connectivity index (χ3n) is 11.4. The molecule has 11 rings (SSSR count). The molecule has 3 aliphatic rings. The number of nitrogens with one attached hydrogen (secondary N) is 1. The normalized spacial score (nSPS) is 15.4. The molecule has 0 saturated carbocycles. The molecular formula is C51H34N2O. The van der Waals surface area contributed by atoms with E-state index in [0.29, 0.717) is 0 Å². The monoisotopic (exact) mass is 690 g/mol. The molecule has 0 radical (unpaired) electrons. The van der Waals surface area contributed by atoms with Gasteiger partial charge < -0.3 is 10.1 Å². The van der Waals surface area contributed by atoms with Crippen LogP contribution in [-0.2, 0) is 5.41 Å². The highest BCUT2D eigenvalue weighted by molar-refractivity contribution is 5.90. The third kappa shape index (κ3) is 4.58. The van der Waals surface area contributed by atoms with Gasteiger partial charge in [-0.2, -0.15) is 0 Å². The minimum Gasteiger partial charge on any atom is -0.457 e. The molecule has 8 aromatic rings. The summed E-state index contributed by atoms with van der Waals surface area (Å²) in [5, 5.41) is 5.90. The Hall–Kier alpha value is -6.97. The van der Waals surface area contributed by atoms with Gasteiger partial charge in [0.2, 0.25) is 0 Å². The van der Waals surface area contributed by atoms with Crippen molar-refractivity contribution in [2.75, 3.05) is 0 Å². The molecule has 1 aliphatic carbocycles. The Bertz CT molecular complexity index is 2830. The molecule has 3 nitrogen and oxygen atoms in total. The van der Waals surface area contributed by atoms with Crippen molar-refractivity contribution in [3.05, 3.63) is 238 Å². The molecule has 0 bridgehead atoms. The Kier molecular flexibility index (Phi) is 6.83. The van der Waals surface area contributed by atoms with E-state index in [0.717, 1.165) is 38.9 Å². The zero-order valence-electron chi connectivity index (χ0n) is 29.4. The number of para-hydroxylation sites is 3. The van der Waals surface area contributed by atoms with Gasteiger partial charge in [0.1, 0.15) is 17.7 Å². The van der Waals surface area contributed by atoms with Gasteiger partial charge in [0, 0.05) is 16.3 Å². The minimum atomic E-state index is -0.489. The average Bonchev–Trinajstić information content (AvgIpc) is 3.54. The zero-order chi connectivity index (χ0) is 35.6. The molecule has 54 heavy (non-hydrogen) atoms. The molecular weight excluding hydrogens is 657 g/mol. The summed E-state index contributed by atoms with van der Waals surface area (Å²) in [6, 6.07) is 69.6. The second-order valence-corrected chi connectivity index (χ2v) is 14.3. The first-order valence-corrected chi connectivity index (χ1v) is 18.6. The van der Waals surface area contributed by atoms with Crippen LogP contribution < -0.4 is 20.6 Å². The highest BCUT2D eigenvalue weighted by atomic mass is 16.5. The van der Waals surface area contributed by atoms with Gasteiger partial charge in [0.25, 0.3) is 0 Å². The number of fused-ring (bicyclic) bond motifs is 10. The van der Waals surface area contributed by atoms with Crippen LogP contribution in [0.2, 0.25) is 0 Å². The molecule has 3 heteroatoms. The predicted octanol–water partition coefficient (Wildman–Crippen LogP) is 10.6. The van der Waals surface area contributed by atoms with Crippen LogP contribution in [0.5, 0.6) is 11.5 Å². The second-order valence-electron chi connectivity index (χ2n) is 14.3. The Balaban J connectivity index is 0.992. The fourth-order valence-electron chi connectivity index (χ4n) is 8.93. The molecule has 0 aromatic heterocycles. The summed E-state index contributed by atoms with van der Waals surface area (Å²) in [6.45, 7) is 0. The van der Waals surface area contributed by atoms with E-state index in [9.17, 15) is 0 Å². The van der Waals surface area contributed by atoms with Crippen LogP contribution in [0.15, 0.2) is 199 Å². The SMILES string of the molecule is c1ccc(-c2ccc(C3N=c4ccccc4=C(c4ccc(-c5ccc6c(c5)C5(c7ccccc7Oc7ccccc75)c5ccccc5-6)cc4)N3)cc2)cc1. The lowest BCUT2D eigenvalue weighted by atomic mass is 9.66. The predicted molar refractivity (Wildman–Crippen MR) is 217 cm³/mol. The van der Waals surface area contributed by atoms with E-state index in [1.165, 1.54) is 55.6 Å². The van der Waals surface area contributed by atoms with Crippen molar-refractivity contribution in [2.24, 2.45) is 4.99 Å². The van der Waals surface area contributed by atoms with Gasteiger partial charge in [0.05, 0.1) is 16.5 Å². The van der Waals surface area contributed by atoms with Crippen LogP contribution in [-0.4, -0.2) is 0 Å². The molecule has 1 spiro atoms. The fourth-order valence-corrected chi connectivity index (χ4v) is 8.93. The zero-order valence-corrected chi connectivity index (χ0v) is 29.4. The van der Waals surface area contributed by atoms with E-state index < -0.39 is 5.41 Å². The van der Waals surface area contributed by atoms with E-state index in [4.69, 9.17) is 9.73 Å². The summed E-state index contributed by atoms with van der Waals surface area (Å²) in [5.74, 6) is 1.81. The average molecular weight is 691 g/mol. The molecule has 254 valence electrons. The largest absolute Gasteiger partial charge is 0.457 e. The smallest absolute Gasteiger partial charge is 0.145 e. The number of hydrogen-bond donors (Lipinski definition) is 1. The van der Waals surface area contributed by atoms with E-state index in [1.54, 1.807) is 0 Å². The summed E-state index contributed by atoms with van der Waals surface area (Å²) in [6.07, 6.45) is -0.195. The first-order chi connectivity index (χ1) is 26.8. The lowest BCUT2D eigenvalue weighted by Gasteiger charge is -2.39. The van der Waals surface area contributed by atoms with E-state index >= 15 is 0 Å². The van der Waals surface area contributed by atoms with Crippen LogP contribution in [0.3, 0.4) is 0 Å². The summed E-state index contributed by atoms with van der Waals surface area (Å²) in [4.78, 5) is 5.14. The maximum absolute atomic E-state index is 6.55. The van der Waals surface area contributed by atoms with Crippen LogP contribution in [0.1, 0.15) is 39.5 Å². The van der Waals surface area contributed by atoms with E-state index in [1.807, 2.05) is 0 Å². The van der Waals surface area contributed by atoms with Crippen molar-refractivity contribution in [3.8, 4) is 44.9 Å². The Morgan fingerprint density at radius 1 is 0.426 bits per heavy atom. The number of ether oxygens (including phenoxy) is 1. The maximum atomic E-state index is 6.55. The van der Waals surface area contributed by atoms with Gasteiger partial charge in [-0.3, -0.25) is 4.99 Å². The van der Waals surface area contributed by atoms with Gasteiger partial charge in [-0.05, 0) is 79.9 Å². The fraction of sp³-hybridized carbons (Fsp3) is 0.0392.